The summed E-state index contributed by atoms with van der Waals surface area (Å²) in [6, 6.07) is 22.2. The van der Waals surface area contributed by atoms with Gasteiger partial charge in [0.2, 0.25) is 5.13 Å². The predicted molar refractivity (Wildman–Crippen MR) is 115 cm³/mol. The largest absolute Gasteiger partial charge is 0.341 e. The zero-order valence-electron chi connectivity index (χ0n) is 14.3. The Morgan fingerprint density at radius 2 is 1.78 bits per heavy atom. The minimum absolute atomic E-state index is 0.349. The van der Waals surface area contributed by atoms with E-state index in [1.165, 1.54) is 22.3 Å². The molecule has 3 N–H and O–H groups in total. The molecule has 1 atom stereocenters. The molecule has 0 saturated heterocycles. The van der Waals surface area contributed by atoms with E-state index < -0.39 is 0 Å². The van der Waals surface area contributed by atoms with Crippen molar-refractivity contribution in [2.24, 2.45) is 5.73 Å². The number of nitrogens with one attached hydrogen (secondary N) is 1. The molecule has 136 valence electrons. The third-order valence-electron chi connectivity index (χ3n) is 4.12. The van der Waals surface area contributed by atoms with Gasteiger partial charge in [-0.1, -0.05) is 89.3 Å². The maximum atomic E-state index is 6.39. The molecule has 3 aromatic carbocycles. The number of hydrogen-bond acceptors (Lipinski definition) is 6. The molecule has 7 heteroatoms. The van der Waals surface area contributed by atoms with Crippen LogP contribution in [0, 0.1) is 0 Å². The molecule has 4 nitrogen and oxygen atoms in total. The van der Waals surface area contributed by atoms with Gasteiger partial charge in [0.05, 0.1) is 0 Å². The molecule has 1 aromatic heterocycles. The Labute approximate surface area is 170 Å². The fourth-order valence-corrected chi connectivity index (χ4v) is 4.66. The fraction of sp³-hybridized carbons (Fsp3) is 0.100. The van der Waals surface area contributed by atoms with Gasteiger partial charge in [-0.3, -0.25) is 0 Å². The van der Waals surface area contributed by atoms with Gasteiger partial charge < -0.3 is 11.1 Å². The number of nitrogens with two attached hydrogens (primary N) is 1. The highest BCUT2D eigenvalue weighted by atomic mass is 35.5. The number of hydrogen-bond donors (Lipinski definition) is 2. The molecule has 0 spiro atoms. The van der Waals surface area contributed by atoms with Crippen LogP contribution in [-0.4, -0.2) is 10.2 Å². The number of thioether (sulfide) groups is 1. The van der Waals surface area contributed by atoms with Crippen molar-refractivity contribution in [1.29, 1.82) is 0 Å². The topological polar surface area (TPSA) is 63.8 Å². The summed E-state index contributed by atoms with van der Waals surface area (Å²) >= 11 is 9.07. The van der Waals surface area contributed by atoms with Crippen molar-refractivity contribution in [2.45, 2.75) is 16.3 Å². The van der Waals surface area contributed by atoms with Crippen LogP contribution in [0.4, 0.5) is 5.13 Å². The highest BCUT2D eigenvalue weighted by Crippen LogP contribution is 2.31. The van der Waals surface area contributed by atoms with Crippen molar-refractivity contribution in [3.63, 3.8) is 0 Å². The van der Waals surface area contributed by atoms with Crippen LogP contribution in [0.1, 0.15) is 17.3 Å². The van der Waals surface area contributed by atoms with Crippen molar-refractivity contribution < 1.29 is 0 Å². The van der Waals surface area contributed by atoms with E-state index in [4.69, 9.17) is 17.3 Å². The first kappa shape index (κ1) is 18.3. The van der Waals surface area contributed by atoms with Crippen LogP contribution in [0.2, 0.25) is 5.02 Å². The predicted octanol–water partition coefficient (Wildman–Crippen LogP) is 5.71. The Morgan fingerprint density at radius 3 is 2.63 bits per heavy atom. The average Bonchev–Trinajstić information content (AvgIpc) is 3.14. The standard InChI is InChI=1S/C20H17ClN4S2/c21-15-10-8-13(9-11-15)12-26-20-25-24-19(27-20)23-18(22)17-7-3-5-14-4-1-2-6-16(14)17/h1-11,18H,12,22H2,(H,23,24). The van der Waals surface area contributed by atoms with Crippen LogP contribution in [0.15, 0.2) is 71.1 Å². The molecular formula is C20H17ClN4S2. The summed E-state index contributed by atoms with van der Waals surface area (Å²) in [5.41, 5.74) is 8.63. The molecule has 0 saturated carbocycles. The maximum absolute atomic E-state index is 6.39. The van der Waals surface area contributed by atoms with Crippen molar-refractivity contribution in [3.8, 4) is 0 Å². The summed E-state index contributed by atoms with van der Waals surface area (Å²) in [6.45, 7) is 0. The lowest BCUT2D eigenvalue weighted by molar-refractivity contribution is 0.834. The van der Waals surface area contributed by atoms with Gasteiger partial charge in [0, 0.05) is 10.8 Å². The quantitative estimate of drug-likeness (QED) is 0.314. The van der Waals surface area contributed by atoms with Gasteiger partial charge in [-0.25, -0.2) is 0 Å². The summed E-state index contributed by atoms with van der Waals surface area (Å²) in [5, 5.41) is 15.5. The van der Waals surface area contributed by atoms with Gasteiger partial charge in [-0.15, -0.1) is 10.2 Å². The van der Waals surface area contributed by atoms with E-state index in [0.717, 1.165) is 26.1 Å². The van der Waals surface area contributed by atoms with E-state index >= 15 is 0 Å². The molecule has 0 amide bonds. The summed E-state index contributed by atoms with van der Waals surface area (Å²) < 4.78 is 0.901. The molecule has 0 fully saturated rings. The van der Waals surface area contributed by atoms with E-state index in [1.54, 1.807) is 11.8 Å². The van der Waals surface area contributed by atoms with E-state index in [1.807, 2.05) is 48.5 Å². The lowest BCUT2D eigenvalue weighted by Gasteiger charge is -2.15. The minimum Gasteiger partial charge on any atom is -0.341 e. The zero-order chi connectivity index (χ0) is 18.6. The Morgan fingerprint density at radius 1 is 1.00 bits per heavy atom. The van der Waals surface area contributed by atoms with Gasteiger partial charge in [-0.2, -0.15) is 0 Å². The van der Waals surface area contributed by atoms with Gasteiger partial charge in [0.15, 0.2) is 4.34 Å². The number of benzene rings is 3. The molecular weight excluding hydrogens is 396 g/mol. The lowest BCUT2D eigenvalue weighted by atomic mass is 10.0. The third-order valence-corrected chi connectivity index (χ3v) is 6.43. The summed E-state index contributed by atoms with van der Waals surface area (Å²) in [7, 11) is 0. The zero-order valence-corrected chi connectivity index (χ0v) is 16.7. The van der Waals surface area contributed by atoms with Gasteiger partial charge in [-0.05, 0) is 34.0 Å². The molecule has 0 aliphatic rings. The molecule has 27 heavy (non-hydrogen) atoms. The number of aromatic nitrogens is 2. The number of fused-ring (bicyclic) bond motifs is 1. The Hall–Kier alpha value is -2.12. The molecule has 1 heterocycles. The van der Waals surface area contributed by atoms with Crippen LogP contribution in [-0.2, 0) is 5.75 Å². The van der Waals surface area contributed by atoms with Crippen LogP contribution in [0.3, 0.4) is 0 Å². The van der Waals surface area contributed by atoms with E-state index in [-0.39, 0.29) is 6.17 Å². The maximum Gasteiger partial charge on any atom is 0.207 e. The van der Waals surface area contributed by atoms with Crippen molar-refractivity contribution >= 4 is 50.6 Å². The van der Waals surface area contributed by atoms with Gasteiger partial charge in [0.1, 0.15) is 6.17 Å². The second kappa shape index (κ2) is 8.27. The smallest absolute Gasteiger partial charge is 0.207 e. The van der Waals surface area contributed by atoms with E-state index in [2.05, 4.69) is 33.7 Å². The van der Waals surface area contributed by atoms with Crippen LogP contribution >= 0.6 is 34.7 Å². The minimum atomic E-state index is -0.349. The molecule has 0 bridgehead atoms. The summed E-state index contributed by atoms with van der Waals surface area (Å²) in [5.74, 6) is 0.821. The molecule has 0 aliphatic carbocycles. The summed E-state index contributed by atoms with van der Waals surface area (Å²) in [6.07, 6.45) is -0.349. The molecule has 0 radical (unpaired) electrons. The second-order valence-corrected chi connectivity index (χ2v) is 8.62. The monoisotopic (exact) mass is 412 g/mol. The summed E-state index contributed by atoms with van der Waals surface area (Å²) in [4.78, 5) is 0. The average molecular weight is 413 g/mol. The van der Waals surface area contributed by atoms with Crippen molar-refractivity contribution in [1.82, 2.24) is 10.2 Å². The Balaban J connectivity index is 1.43. The fourth-order valence-electron chi connectivity index (χ4n) is 2.78. The van der Waals surface area contributed by atoms with E-state index in [9.17, 15) is 0 Å². The second-order valence-electron chi connectivity index (χ2n) is 5.98. The van der Waals surface area contributed by atoms with Gasteiger partial charge >= 0.3 is 0 Å². The van der Waals surface area contributed by atoms with Gasteiger partial charge in [0.25, 0.3) is 0 Å². The number of anilines is 1. The van der Waals surface area contributed by atoms with Crippen LogP contribution in [0.5, 0.6) is 0 Å². The van der Waals surface area contributed by atoms with E-state index in [0.29, 0.717) is 5.13 Å². The SMILES string of the molecule is NC(Nc1nnc(SCc2ccc(Cl)cc2)s1)c1cccc2ccccc12. The first-order chi connectivity index (χ1) is 13.2. The van der Waals surface area contributed by atoms with Crippen LogP contribution < -0.4 is 11.1 Å². The molecule has 0 aliphatic heterocycles. The highest BCUT2D eigenvalue weighted by Gasteiger charge is 2.12. The Kier molecular flexibility index (Phi) is 5.59. The molecule has 1 unspecified atom stereocenters. The highest BCUT2D eigenvalue weighted by molar-refractivity contribution is 8.00. The lowest BCUT2D eigenvalue weighted by Crippen LogP contribution is -2.20. The number of nitrogens with zero attached hydrogens (tertiary/aromatic N) is 2. The van der Waals surface area contributed by atoms with Crippen molar-refractivity contribution in [3.05, 3.63) is 82.9 Å². The third kappa shape index (κ3) is 4.42. The Bertz CT molecular complexity index is 1040. The van der Waals surface area contributed by atoms with Crippen LogP contribution in [0.25, 0.3) is 10.8 Å². The first-order valence-corrected chi connectivity index (χ1v) is 10.6. The first-order valence-electron chi connectivity index (χ1n) is 8.39. The van der Waals surface area contributed by atoms with Crippen molar-refractivity contribution in [2.75, 3.05) is 5.32 Å². The normalized spacial score (nSPS) is 12.2. The number of rotatable bonds is 6. The molecule has 4 rings (SSSR count). The molecule has 4 aromatic rings. The number of halogens is 1.